The molecule has 3 N–H and O–H groups in total. The van der Waals surface area contributed by atoms with Crippen LogP contribution in [-0.2, 0) is 0 Å². The highest BCUT2D eigenvalue weighted by Crippen LogP contribution is 2.29. The van der Waals surface area contributed by atoms with Crippen LogP contribution in [-0.4, -0.2) is 24.2 Å². The predicted molar refractivity (Wildman–Crippen MR) is 56.7 cm³/mol. The number of nitrogens with two attached hydrogens (primary N) is 1. The van der Waals surface area contributed by atoms with Crippen molar-refractivity contribution in [3.05, 3.63) is 29.8 Å². The van der Waals surface area contributed by atoms with Crippen LogP contribution in [0.25, 0.3) is 0 Å². The summed E-state index contributed by atoms with van der Waals surface area (Å²) in [5, 5.41) is 8.70. The molecule has 0 amide bonds. The zero-order valence-electron chi connectivity index (χ0n) is 9.32. The van der Waals surface area contributed by atoms with Gasteiger partial charge in [0.05, 0.1) is 0 Å². The minimum Gasteiger partial charge on any atom is -0.428 e. The molecule has 7 heteroatoms. The molecule has 1 aromatic carbocycles. The first-order valence-electron chi connectivity index (χ1n) is 5.18. The lowest BCUT2D eigenvalue weighted by molar-refractivity contribution is -0.253. The van der Waals surface area contributed by atoms with E-state index in [1.54, 1.807) is 0 Å². The van der Waals surface area contributed by atoms with E-state index in [1.807, 2.05) is 0 Å². The van der Waals surface area contributed by atoms with Crippen LogP contribution in [0.2, 0.25) is 0 Å². The summed E-state index contributed by atoms with van der Waals surface area (Å²) in [6, 6.07) is 4.61. The van der Waals surface area contributed by atoms with Gasteiger partial charge in [-0.1, -0.05) is 12.1 Å². The molecule has 18 heavy (non-hydrogen) atoms. The molecule has 0 unspecified atom stereocenters. The SMILES string of the molecule is N[C@@H](CCO)c1cccc(OC(F)(F)C(F)F)c1. The highest BCUT2D eigenvalue weighted by molar-refractivity contribution is 5.30. The van der Waals surface area contributed by atoms with Crippen LogP contribution in [0.5, 0.6) is 5.75 Å². The molecule has 0 radical (unpaired) electrons. The molecule has 0 spiro atoms. The van der Waals surface area contributed by atoms with E-state index in [-0.39, 0.29) is 13.0 Å². The Kier molecular flexibility index (Phi) is 4.92. The van der Waals surface area contributed by atoms with Crippen LogP contribution in [0, 0.1) is 0 Å². The standard InChI is InChI=1S/C11H13F4NO2/c12-10(13)11(14,15)18-8-3-1-2-7(6-8)9(16)4-5-17/h1-3,6,9-10,17H,4-5,16H2/t9-/m0/s1. The zero-order valence-corrected chi connectivity index (χ0v) is 9.32. The second kappa shape index (κ2) is 6.01. The molecular formula is C11H13F4NO2. The second-order valence-corrected chi connectivity index (χ2v) is 3.66. The van der Waals surface area contributed by atoms with Crippen LogP contribution in [0.15, 0.2) is 24.3 Å². The quantitative estimate of drug-likeness (QED) is 0.778. The van der Waals surface area contributed by atoms with E-state index >= 15 is 0 Å². The van der Waals surface area contributed by atoms with Gasteiger partial charge in [-0.3, -0.25) is 0 Å². The van der Waals surface area contributed by atoms with E-state index in [4.69, 9.17) is 10.8 Å². The van der Waals surface area contributed by atoms with Crippen LogP contribution >= 0.6 is 0 Å². The average molecular weight is 267 g/mol. The molecule has 0 fully saturated rings. The number of hydrogen-bond donors (Lipinski definition) is 2. The third kappa shape index (κ3) is 3.85. The Balaban J connectivity index is 2.82. The van der Waals surface area contributed by atoms with Gasteiger partial charge in [0.25, 0.3) is 0 Å². The number of ether oxygens (including phenoxy) is 1. The molecule has 1 atom stereocenters. The number of alkyl halides is 4. The maximum absolute atomic E-state index is 12.7. The summed E-state index contributed by atoms with van der Waals surface area (Å²) in [4.78, 5) is 0. The van der Waals surface area contributed by atoms with Gasteiger partial charge in [0.15, 0.2) is 0 Å². The Morgan fingerprint density at radius 1 is 1.33 bits per heavy atom. The monoisotopic (exact) mass is 267 g/mol. The van der Waals surface area contributed by atoms with Gasteiger partial charge < -0.3 is 15.6 Å². The largest absolute Gasteiger partial charge is 0.461 e. The zero-order chi connectivity index (χ0) is 13.8. The van der Waals surface area contributed by atoms with Crippen molar-refractivity contribution in [1.29, 1.82) is 0 Å². The van der Waals surface area contributed by atoms with Crippen molar-refractivity contribution in [3.8, 4) is 5.75 Å². The van der Waals surface area contributed by atoms with Gasteiger partial charge in [-0.2, -0.15) is 17.6 Å². The molecular weight excluding hydrogens is 254 g/mol. The number of hydrogen-bond acceptors (Lipinski definition) is 3. The average Bonchev–Trinajstić information content (AvgIpc) is 2.29. The molecule has 0 saturated carbocycles. The number of halogens is 4. The summed E-state index contributed by atoms with van der Waals surface area (Å²) in [6.07, 6.45) is -8.22. The van der Waals surface area contributed by atoms with E-state index in [1.165, 1.54) is 12.1 Å². The van der Waals surface area contributed by atoms with Crippen LogP contribution in [0.1, 0.15) is 18.0 Å². The highest BCUT2D eigenvalue weighted by Gasteiger charge is 2.43. The van der Waals surface area contributed by atoms with Crippen molar-refractivity contribution in [3.63, 3.8) is 0 Å². The van der Waals surface area contributed by atoms with Crippen molar-refractivity contribution in [2.75, 3.05) is 6.61 Å². The van der Waals surface area contributed by atoms with Crippen molar-refractivity contribution >= 4 is 0 Å². The third-order valence-corrected chi connectivity index (χ3v) is 2.23. The fourth-order valence-electron chi connectivity index (χ4n) is 1.32. The molecule has 3 nitrogen and oxygen atoms in total. The minimum atomic E-state index is -4.54. The van der Waals surface area contributed by atoms with Gasteiger partial charge in [-0.15, -0.1) is 0 Å². The maximum atomic E-state index is 12.7. The number of benzene rings is 1. The third-order valence-electron chi connectivity index (χ3n) is 2.23. The number of rotatable bonds is 6. The van der Waals surface area contributed by atoms with Crippen molar-refractivity contribution < 1.29 is 27.4 Å². The first kappa shape index (κ1) is 14.7. The van der Waals surface area contributed by atoms with Crippen LogP contribution in [0.4, 0.5) is 17.6 Å². The molecule has 1 aromatic rings. The predicted octanol–water partition coefficient (Wildman–Crippen LogP) is 2.31. The summed E-state index contributed by atoms with van der Waals surface area (Å²) >= 11 is 0. The normalized spacial score (nSPS) is 13.7. The first-order chi connectivity index (χ1) is 8.36. The number of aliphatic hydroxyl groups excluding tert-OH is 1. The fourth-order valence-corrected chi connectivity index (χ4v) is 1.32. The second-order valence-electron chi connectivity index (χ2n) is 3.66. The van der Waals surface area contributed by atoms with E-state index in [0.717, 1.165) is 12.1 Å². The Labute approximate surface area is 101 Å². The van der Waals surface area contributed by atoms with Gasteiger partial charge >= 0.3 is 12.5 Å². The Morgan fingerprint density at radius 2 is 2.00 bits per heavy atom. The smallest absolute Gasteiger partial charge is 0.428 e. The van der Waals surface area contributed by atoms with Crippen LogP contribution < -0.4 is 10.5 Å². The summed E-state index contributed by atoms with van der Waals surface area (Å²) < 4.78 is 53.2. The first-order valence-corrected chi connectivity index (χ1v) is 5.18. The molecule has 1 rings (SSSR count). The highest BCUT2D eigenvalue weighted by atomic mass is 19.3. The summed E-state index contributed by atoms with van der Waals surface area (Å²) in [7, 11) is 0. The Morgan fingerprint density at radius 3 is 2.56 bits per heavy atom. The van der Waals surface area contributed by atoms with Gasteiger partial charge in [0.2, 0.25) is 0 Å². The van der Waals surface area contributed by atoms with E-state index < -0.39 is 24.3 Å². The molecule has 0 aliphatic carbocycles. The number of aliphatic hydroxyl groups is 1. The van der Waals surface area contributed by atoms with Gasteiger partial charge in [-0.25, -0.2) is 0 Å². The van der Waals surface area contributed by atoms with Gasteiger partial charge in [0.1, 0.15) is 5.75 Å². The molecule has 0 bridgehead atoms. The molecule has 0 heterocycles. The van der Waals surface area contributed by atoms with Crippen molar-refractivity contribution in [1.82, 2.24) is 0 Å². The summed E-state index contributed by atoms with van der Waals surface area (Å²) in [5.74, 6) is -0.397. The van der Waals surface area contributed by atoms with Crippen molar-refractivity contribution in [2.45, 2.75) is 25.0 Å². The van der Waals surface area contributed by atoms with E-state index in [9.17, 15) is 17.6 Å². The lowest BCUT2D eigenvalue weighted by Crippen LogP contribution is -2.33. The van der Waals surface area contributed by atoms with Gasteiger partial charge in [-0.05, 0) is 24.1 Å². The Bertz CT molecular complexity index is 387. The molecule has 0 aromatic heterocycles. The fraction of sp³-hybridized carbons (Fsp3) is 0.455. The molecule has 0 aliphatic heterocycles. The van der Waals surface area contributed by atoms with Crippen LogP contribution in [0.3, 0.4) is 0 Å². The summed E-state index contributed by atoms with van der Waals surface area (Å²) in [6.45, 7) is -0.167. The molecule has 0 aliphatic rings. The molecule has 0 saturated heterocycles. The van der Waals surface area contributed by atoms with Gasteiger partial charge in [0, 0.05) is 12.6 Å². The minimum absolute atomic E-state index is 0.167. The maximum Gasteiger partial charge on any atom is 0.461 e. The lowest BCUT2D eigenvalue weighted by atomic mass is 10.1. The molecule has 102 valence electrons. The lowest BCUT2D eigenvalue weighted by Gasteiger charge is -2.18. The summed E-state index contributed by atoms with van der Waals surface area (Å²) in [5.41, 5.74) is 6.07. The van der Waals surface area contributed by atoms with E-state index in [0.29, 0.717) is 5.56 Å². The van der Waals surface area contributed by atoms with E-state index in [2.05, 4.69) is 4.74 Å². The Hall–Kier alpha value is -1.34. The topological polar surface area (TPSA) is 55.5 Å². The van der Waals surface area contributed by atoms with Crippen molar-refractivity contribution in [2.24, 2.45) is 5.73 Å².